The fraction of sp³-hybridized carbons (Fsp3) is 0.278. The van der Waals surface area contributed by atoms with Crippen molar-refractivity contribution in [3.8, 4) is 11.3 Å². The van der Waals surface area contributed by atoms with Crippen molar-refractivity contribution >= 4 is 35.2 Å². The molecule has 13 nitrogen and oxygen atoms in total. The van der Waals surface area contributed by atoms with Crippen LogP contribution in [-0.4, -0.2) is 45.9 Å². The molecule has 0 spiro atoms. The number of hydrogen-bond acceptors (Lipinski definition) is 9. The predicted octanol–water partition coefficient (Wildman–Crippen LogP) is 4.41. The highest BCUT2D eigenvalue weighted by molar-refractivity contribution is 6.04. The second kappa shape index (κ2) is 17.3. The minimum atomic E-state index is -0.743. The molecule has 1 heterocycles. The van der Waals surface area contributed by atoms with Crippen molar-refractivity contribution in [1.29, 1.82) is 5.41 Å². The Balaban J connectivity index is 1.44. The Morgan fingerprint density at radius 2 is 1.71 bits per heavy atom. The number of benzene rings is 3. The normalized spacial score (nSPS) is 11.2. The Kier molecular flexibility index (Phi) is 12.6. The average Bonchev–Trinajstić information content (AvgIpc) is 3.10. The molecule has 256 valence electrons. The lowest BCUT2D eigenvalue weighted by molar-refractivity contribution is -0.121. The van der Waals surface area contributed by atoms with Gasteiger partial charge in [0.15, 0.2) is 5.82 Å². The van der Waals surface area contributed by atoms with Gasteiger partial charge in [-0.1, -0.05) is 68.4 Å². The van der Waals surface area contributed by atoms with Crippen molar-refractivity contribution in [3.05, 3.63) is 112 Å². The first-order valence-electron chi connectivity index (χ1n) is 16.1. The molecule has 3 amide bonds. The maximum atomic E-state index is 13.5. The van der Waals surface area contributed by atoms with E-state index in [1.807, 2.05) is 51.1 Å². The monoisotopic (exact) mass is 666 g/mol. The molecule has 1 atom stereocenters. The van der Waals surface area contributed by atoms with Crippen LogP contribution >= 0.6 is 0 Å². The van der Waals surface area contributed by atoms with Gasteiger partial charge in [0.25, 0.3) is 11.5 Å². The van der Waals surface area contributed by atoms with Crippen LogP contribution < -0.4 is 32.6 Å². The summed E-state index contributed by atoms with van der Waals surface area (Å²) in [7, 11) is 0. The van der Waals surface area contributed by atoms with E-state index in [0.717, 1.165) is 24.0 Å². The van der Waals surface area contributed by atoms with Gasteiger partial charge in [0.05, 0.1) is 11.9 Å². The van der Waals surface area contributed by atoms with E-state index in [0.29, 0.717) is 34.6 Å². The average molecular weight is 667 g/mol. The zero-order chi connectivity index (χ0) is 35.3. The smallest absolute Gasteiger partial charge is 0.413 e. The van der Waals surface area contributed by atoms with Gasteiger partial charge >= 0.3 is 6.09 Å². The largest absolute Gasteiger partial charge is 0.444 e. The van der Waals surface area contributed by atoms with E-state index in [-0.39, 0.29) is 43.3 Å². The highest BCUT2D eigenvalue weighted by Gasteiger charge is 2.18. The summed E-state index contributed by atoms with van der Waals surface area (Å²) < 4.78 is 6.48. The molecule has 0 unspecified atom stereocenters. The van der Waals surface area contributed by atoms with E-state index < -0.39 is 17.6 Å². The van der Waals surface area contributed by atoms with Gasteiger partial charge in [-0.15, -0.1) is 0 Å². The molecule has 0 aliphatic rings. The molecule has 4 aromatic rings. The number of amides is 3. The summed E-state index contributed by atoms with van der Waals surface area (Å²) in [4.78, 5) is 56.1. The van der Waals surface area contributed by atoms with Crippen LogP contribution in [0.5, 0.6) is 0 Å². The molecule has 49 heavy (non-hydrogen) atoms. The zero-order valence-electron chi connectivity index (χ0n) is 27.8. The summed E-state index contributed by atoms with van der Waals surface area (Å²) in [6.07, 6.45) is 2.26. The standard InChI is InChI=1S/C36H42N8O5/c1-4-15-39-33-35(47)44(30(20-41-33)27-16-28(18-29(37)17-27)34(46)42-23(3)5-2)21-31(45)40-19-24-11-13-26(14-12-24)32(38)43-36(48)49-22-25-9-7-6-8-10-25/h6-14,16-18,20,23H,4-5,15,19,21-22,37H2,1-3H3,(H,39,41)(H,40,45)(H,42,46)(H2,38,43,48)/t23-/m1/s1. The molecule has 4 rings (SSSR count). The summed E-state index contributed by atoms with van der Waals surface area (Å²) in [6, 6.07) is 20.7. The third-order valence-electron chi connectivity index (χ3n) is 7.57. The minimum absolute atomic E-state index is 0.0427. The lowest BCUT2D eigenvalue weighted by Crippen LogP contribution is -2.34. The lowest BCUT2D eigenvalue weighted by atomic mass is 10.1. The fourth-order valence-corrected chi connectivity index (χ4v) is 4.70. The highest BCUT2D eigenvalue weighted by atomic mass is 16.5. The molecule has 0 saturated heterocycles. The molecular weight excluding hydrogens is 624 g/mol. The van der Waals surface area contributed by atoms with Crippen LogP contribution in [0.3, 0.4) is 0 Å². The van der Waals surface area contributed by atoms with Gasteiger partial charge in [0, 0.05) is 41.5 Å². The number of nitrogens with one attached hydrogen (secondary N) is 5. The van der Waals surface area contributed by atoms with Crippen LogP contribution in [0, 0.1) is 5.41 Å². The van der Waals surface area contributed by atoms with Crippen LogP contribution in [0.25, 0.3) is 11.3 Å². The number of carbonyl (C=O) groups excluding carboxylic acids is 3. The molecule has 0 saturated carbocycles. The number of amidine groups is 1. The van der Waals surface area contributed by atoms with Crippen molar-refractivity contribution in [1.82, 2.24) is 25.5 Å². The number of ether oxygens (including phenoxy) is 1. The number of nitrogens with two attached hydrogens (primary N) is 1. The number of nitrogens with zero attached hydrogens (tertiary/aromatic N) is 2. The lowest BCUT2D eigenvalue weighted by Gasteiger charge is -2.17. The molecular formula is C36H42N8O5. The Bertz CT molecular complexity index is 1840. The van der Waals surface area contributed by atoms with Gasteiger partial charge in [-0.25, -0.2) is 9.78 Å². The number of aromatic nitrogens is 2. The number of hydrogen-bond donors (Lipinski definition) is 6. The molecule has 0 radical (unpaired) electrons. The van der Waals surface area contributed by atoms with E-state index in [4.69, 9.17) is 15.9 Å². The van der Waals surface area contributed by atoms with Gasteiger partial charge in [0.2, 0.25) is 5.91 Å². The third kappa shape index (κ3) is 10.3. The zero-order valence-corrected chi connectivity index (χ0v) is 27.8. The summed E-state index contributed by atoms with van der Waals surface area (Å²) >= 11 is 0. The summed E-state index contributed by atoms with van der Waals surface area (Å²) in [6.45, 7) is 6.25. The van der Waals surface area contributed by atoms with E-state index >= 15 is 0 Å². The van der Waals surface area contributed by atoms with Crippen molar-refractivity contribution in [2.75, 3.05) is 17.6 Å². The Hall–Kier alpha value is -5.98. The van der Waals surface area contributed by atoms with Crippen molar-refractivity contribution in [3.63, 3.8) is 0 Å². The maximum absolute atomic E-state index is 13.5. The Morgan fingerprint density at radius 3 is 2.41 bits per heavy atom. The van der Waals surface area contributed by atoms with E-state index in [2.05, 4.69) is 26.3 Å². The minimum Gasteiger partial charge on any atom is -0.444 e. The van der Waals surface area contributed by atoms with Gasteiger partial charge < -0.3 is 26.4 Å². The fourth-order valence-electron chi connectivity index (χ4n) is 4.70. The predicted molar refractivity (Wildman–Crippen MR) is 189 cm³/mol. The van der Waals surface area contributed by atoms with Crippen LogP contribution in [0.2, 0.25) is 0 Å². The first kappa shape index (κ1) is 35.9. The Labute approximate surface area is 284 Å². The summed E-state index contributed by atoms with van der Waals surface area (Å²) in [5.74, 6) is -0.765. The van der Waals surface area contributed by atoms with Gasteiger partial charge in [0.1, 0.15) is 19.0 Å². The molecule has 0 bridgehead atoms. The van der Waals surface area contributed by atoms with Crippen molar-refractivity contribution in [2.45, 2.75) is 59.4 Å². The van der Waals surface area contributed by atoms with Crippen LogP contribution in [0.1, 0.15) is 60.7 Å². The quantitative estimate of drug-likeness (QED) is 0.0647. The van der Waals surface area contributed by atoms with Crippen LogP contribution in [0.15, 0.2) is 83.8 Å². The molecule has 1 aromatic heterocycles. The van der Waals surface area contributed by atoms with Gasteiger partial charge in [-0.3, -0.25) is 29.7 Å². The number of anilines is 2. The van der Waals surface area contributed by atoms with Crippen LogP contribution in [0.4, 0.5) is 16.3 Å². The first-order valence-corrected chi connectivity index (χ1v) is 16.1. The number of nitrogen functional groups attached to an aromatic ring is 1. The number of carbonyl (C=O) groups is 3. The summed E-state index contributed by atoms with van der Waals surface area (Å²) in [5, 5.41) is 19.4. The van der Waals surface area contributed by atoms with Crippen LogP contribution in [-0.2, 0) is 29.2 Å². The van der Waals surface area contributed by atoms with E-state index in [1.54, 1.807) is 42.5 Å². The number of alkyl carbamates (subject to hydrolysis) is 1. The van der Waals surface area contributed by atoms with Gasteiger partial charge in [-0.05, 0) is 49.1 Å². The summed E-state index contributed by atoms with van der Waals surface area (Å²) in [5.41, 5.74) is 9.11. The van der Waals surface area contributed by atoms with Crippen molar-refractivity contribution in [2.24, 2.45) is 0 Å². The highest BCUT2D eigenvalue weighted by Crippen LogP contribution is 2.23. The Morgan fingerprint density at radius 1 is 0.980 bits per heavy atom. The van der Waals surface area contributed by atoms with Gasteiger partial charge in [-0.2, -0.15) is 0 Å². The van der Waals surface area contributed by atoms with E-state index in [9.17, 15) is 19.2 Å². The molecule has 0 fully saturated rings. The molecule has 0 aliphatic carbocycles. The molecule has 13 heteroatoms. The molecule has 0 aliphatic heterocycles. The molecule has 3 aromatic carbocycles. The second-order valence-electron chi connectivity index (χ2n) is 11.5. The SMILES string of the molecule is CCCNc1ncc(-c2cc(N)cc(C(=O)N[C@H](C)CC)c2)n(CC(=O)NCc2ccc(C(=N)NC(=O)OCc3ccccc3)cc2)c1=O. The van der Waals surface area contributed by atoms with E-state index in [1.165, 1.54) is 10.8 Å². The third-order valence-corrected chi connectivity index (χ3v) is 7.57. The topological polar surface area (TPSA) is 193 Å². The first-order chi connectivity index (χ1) is 23.6. The van der Waals surface area contributed by atoms with Crippen molar-refractivity contribution < 1.29 is 19.1 Å². The maximum Gasteiger partial charge on any atom is 0.413 e. The second-order valence-corrected chi connectivity index (χ2v) is 11.5. The number of rotatable bonds is 14. The molecule has 7 N–H and O–H groups in total.